The van der Waals surface area contributed by atoms with Crippen molar-refractivity contribution in [3.63, 3.8) is 0 Å². The fourth-order valence-electron chi connectivity index (χ4n) is 3.54. The highest BCUT2D eigenvalue weighted by Crippen LogP contribution is 2.37. The van der Waals surface area contributed by atoms with Gasteiger partial charge >= 0.3 is 6.01 Å². The lowest BCUT2D eigenvalue weighted by Crippen LogP contribution is -2.17. The van der Waals surface area contributed by atoms with Crippen molar-refractivity contribution in [2.24, 2.45) is 7.05 Å². The van der Waals surface area contributed by atoms with E-state index in [4.69, 9.17) is 14.6 Å². The van der Waals surface area contributed by atoms with Crippen LogP contribution in [-0.2, 0) is 23.7 Å². The molecular formula is C26H30N6O5S. The van der Waals surface area contributed by atoms with E-state index in [1.54, 1.807) is 19.3 Å². The second kappa shape index (κ2) is 11.6. The summed E-state index contributed by atoms with van der Waals surface area (Å²) in [6, 6.07) is 11.0. The Kier molecular flexibility index (Phi) is 8.23. The van der Waals surface area contributed by atoms with E-state index in [0.29, 0.717) is 11.1 Å². The fraction of sp³-hybridized carbons (Fsp3) is 0.308. The third-order valence-corrected chi connectivity index (χ3v) is 6.96. The second-order valence-electron chi connectivity index (χ2n) is 8.94. The van der Waals surface area contributed by atoms with Crippen molar-refractivity contribution >= 4 is 15.8 Å². The van der Waals surface area contributed by atoms with Crippen LogP contribution in [0.3, 0.4) is 0 Å². The Balaban J connectivity index is 1.58. The van der Waals surface area contributed by atoms with Gasteiger partial charge in [0.1, 0.15) is 19.0 Å². The molecule has 2 N–H and O–H groups in total. The summed E-state index contributed by atoms with van der Waals surface area (Å²) in [7, 11) is -2.38. The van der Waals surface area contributed by atoms with Crippen molar-refractivity contribution in [1.82, 2.24) is 24.7 Å². The van der Waals surface area contributed by atoms with Crippen LogP contribution in [0.25, 0.3) is 11.1 Å². The summed E-state index contributed by atoms with van der Waals surface area (Å²) < 4.78 is 42.0. The lowest BCUT2D eigenvalue weighted by molar-refractivity contribution is 0.200. The Bertz CT molecular complexity index is 1470. The summed E-state index contributed by atoms with van der Waals surface area (Å²) in [6.07, 6.45) is 4.51. The first-order chi connectivity index (χ1) is 18.2. The average Bonchev–Trinajstić information content (AvgIpc) is 3.21. The Morgan fingerprint density at radius 1 is 0.974 bits per heavy atom. The SMILES string of the molecule is Cc1ccc(-c2c(OCCOc3ncc(CO)cn3)nn(C)c2NS(=O)(=O)c2ccc(C(C)C)cn2)cc1. The highest BCUT2D eigenvalue weighted by molar-refractivity contribution is 7.92. The molecule has 4 aromatic rings. The molecule has 0 saturated heterocycles. The van der Waals surface area contributed by atoms with Crippen molar-refractivity contribution in [2.75, 3.05) is 17.9 Å². The summed E-state index contributed by atoms with van der Waals surface area (Å²) in [4.78, 5) is 12.2. The summed E-state index contributed by atoms with van der Waals surface area (Å²) in [5.74, 6) is 0.701. The summed E-state index contributed by atoms with van der Waals surface area (Å²) in [5, 5.41) is 13.4. The maximum absolute atomic E-state index is 13.2. The third-order valence-electron chi connectivity index (χ3n) is 5.71. The Morgan fingerprint density at radius 2 is 1.66 bits per heavy atom. The molecule has 0 radical (unpaired) electrons. The molecule has 0 amide bonds. The summed E-state index contributed by atoms with van der Waals surface area (Å²) in [5.41, 5.74) is 3.78. The van der Waals surface area contributed by atoms with Crippen LogP contribution in [-0.4, -0.2) is 51.5 Å². The molecular weight excluding hydrogens is 508 g/mol. The van der Waals surface area contributed by atoms with E-state index in [1.807, 2.05) is 45.0 Å². The predicted molar refractivity (Wildman–Crippen MR) is 141 cm³/mol. The van der Waals surface area contributed by atoms with Gasteiger partial charge in [-0.15, -0.1) is 5.10 Å². The molecule has 11 nitrogen and oxygen atoms in total. The van der Waals surface area contributed by atoms with E-state index in [-0.39, 0.29) is 48.5 Å². The molecule has 38 heavy (non-hydrogen) atoms. The number of hydrogen-bond acceptors (Lipinski definition) is 9. The Hall–Kier alpha value is -4.03. The smallest absolute Gasteiger partial charge is 0.316 e. The van der Waals surface area contributed by atoms with Crippen LogP contribution >= 0.6 is 0 Å². The third kappa shape index (κ3) is 6.26. The quantitative estimate of drug-likeness (QED) is 0.275. The number of aliphatic hydroxyl groups excluding tert-OH is 1. The molecule has 0 aliphatic rings. The number of nitrogens with one attached hydrogen (secondary N) is 1. The second-order valence-corrected chi connectivity index (χ2v) is 10.6. The zero-order chi connectivity index (χ0) is 27.3. The van der Waals surface area contributed by atoms with Gasteiger partial charge in [-0.2, -0.15) is 8.42 Å². The van der Waals surface area contributed by atoms with Crippen molar-refractivity contribution in [3.8, 4) is 23.0 Å². The lowest BCUT2D eigenvalue weighted by Gasteiger charge is -2.12. The molecule has 12 heteroatoms. The number of anilines is 1. The normalized spacial score (nSPS) is 11.5. The lowest BCUT2D eigenvalue weighted by atomic mass is 10.1. The topological polar surface area (TPSA) is 141 Å². The highest BCUT2D eigenvalue weighted by atomic mass is 32.2. The molecule has 1 aromatic carbocycles. The van der Waals surface area contributed by atoms with E-state index in [2.05, 4.69) is 24.8 Å². The molecule has 0 aliphatic heterocycles. The first kappa shape index (κ1) is 27.0. The number of pyridine rings is 1. The van der Waals surface area contributed by atoms with E-state index in [9.17, 15) is 8.42 Å². The zero-order valence-electron chi connectivity index (χ0n) is 21.6. The number of benzene rings is 1. The number of aliphatic hydroxyl groups is 1. The molecule has 0 atom stereocenters. The molecule has 0 fully saturated rings. The van der Waals surface area contributed by atoms with Gasteiger partial charge in [-0.3, -0.25) is 4.72 Å². The zero-order valence-corrected chi connectivity index (χ0v) is 22.4. The number of nitrogens with zero attached hydrogens (tertiary/aromatic N) is 5. The maximum atomic E-state index is 13.2. The Morgan fingerprint density at radius 3 is 2.26 bits per heavy atom. The largest absolute Gasteiger partial charge is 0.472 e. The number of ether oxygens (including phenoxy) is 2. The van der Waals surface area contributed by atoms with Crippen LogP contribution in [0.1, 0.15) is 36.5 Å². The highest BCUT2D eigenvalue weighted by Gasteiger charge is 2.25. The summed E-state index contributed by atoms with van der Waals surface area (Å²) in [6.45, 7) is 6.06. The van der Waals surface area contributed by atoms with Gasteiger partial charge in [0.2, 0.25) is 5.88 Å². The molecule has 3 heterocycles. The number of aryl methyl sites for hydroxylation is 2. The minimum Gasteiger partial charge on any atom is -0.472 e. The van der Waals surface area contributed by atoms with Gasteiger partial charge in [-0.05, 0) is 30.0 Å². The predicted octanol–water partition coefficient (Wildman–Crippen LogP) is 3.45. The van der Waals surface area contributed by atoms with Gasteiger partial charge in [0.05, 0.1) is 12.2 Å². The van der Waals surface area contributed by atoms with Gasteiger partial charge < -0.3 is 14.6 Å². The molecule has 0 unspecified atom stereocenters. The van der Waals surface area contributed by atoms with Crippen LogP contribution in [0.5, 0.6) is 11.9 Å². The van der Waals surface area contributed by atoms with E-state index in [0.717, 1.165) is 16.7 Å². The summed E-state index contributed by atoms with van der Waals surface area (Å²) >= 11 is 0. The first-order valence-electron chi connectivity index (χ1n) is 12.0. The number of hydrogen-bond donors (Lipinski definition) is 2. The maximum Gasteiger partial charge on any atom is 0.316 e. The van der Waals surface area contributed by atoms with Gasteiger partial charge in [-0.25, -0.2) is 19.6 Å². The molecule has 0 spiro atoms. The van der Waals surface area contributed by atoms with Crippen LogP contribution in [0.4, 0.5) is 5.82 Å². The van der Waals surface area contributed by atoms with Crippen molar-refractivity contribution < 1.29 is 23.0 Å². The van der Waals surface area contributed by atoms with Crippen LogP contribution in [0, 0.1) is 6.92 Å². The standard InChI is InChI=1S/C26H30N6O5S/c1-17(2)21-9-10-22(27-15-21)38(34,35)31-24-23(20-7-5-18(3)6-8-20)25(30-32(24)4)36-11-12-37-26-28-13-19(16-33)14-29-26/h5-10,13-15,17,31,33H,11-12,16H2,1-4H3. The first-order valence-corrected chi connectivity index (χ1v) is 13.5. The van der Waals surface area contributed by atoms with Crippen LogP contribution in [0.15, 0.2) is 60.0 Å². The van der Waals surface area contributed by atoms with E-state index >= 15 is 0 Å². The number of sulfonamides is 1. The van der Waals surface area contributed by atoms with E-state index < -0.39 is 10.0 Å². The molecule has 4 rings (SSSR count). The molecule has 200 valence electrons. The van der Waals surface area contributed by atoms with Crippen molar-refractivity contribution in [1.29, 1.82) is 0 Å². The van der Waals surface area contributed by atoms with Gasteiger partial charge in [-0.1, -0.05) is 49.7 Å². The van der Waals surface area contributed by atoms with Gasteiger partial charge in [0.15, 0.2) is 5.03 Å². The Labute approximate surface area is 221 Å². The van der Waals surface area contributed by atoms with Crippen molar-refractivity contribution in [3.05, 3.63) is 71.7 Å². The van der Waals surface area contributed by atoms with Crippen LogP contribution in [0.2, 0.25) is 0 Å². The van der Waals surface area contributed by atoms with Gasteiger partial charge in [0.25, 0.3) is 10.0 Å². The number of rotatable bonds is 11. The van der Waals surface area contributed by atoms with Crippen LogP contribution < -0.4 is 14.2 Å². The fourth-order valence-corrected chi connectivity index (χ4v) is 4.57. The minimum atomic E-state index is -4.01. The monoisotopic (exact) mass is 538 g/mol. The van der Waals surface area contributed by atoms with Crippen molar-refractivity contribution in [2.45, 2.75) is 38.3 Å². The molecule has 0 saturated carbocycles. The number of aromatic nitrogens is 5. The molecule has 0 bridgehead atoms. The van der Waals surface area contributed by atoms with E-state index in [1.165, 1.54) is 23.1 Å². The molecule has 3 aromatic heterocycles. The minimum absolute atomic E-state index is 0.0963. The van der Waals surface area contributed by atoms with Gasteiger partial charge in [0, 0.05) is 31.2 Å². The molecule has 0 aliphatic carbocycles. The average molecular weight is 539 g/mol.